The molecule has 212 valence electrons. The first kappa shape index (κ1) is 32.0. The summed E-state index contributed by atoms with van der Waals surface area (Å²) >= 11 is 5.54. The maximum absolute atomic E-state index is 11.3. The average molecular weight is 559 g/mol. The van der Waals surface area contributed by atoms with Crippen LogP contribution in [-0.4, -0.2) is 90.4 Å². The number of carbonyl (C=O) groups excluding carboxylic acids is 1. The van der Waals surface area contributed by atoms with Gasteiger partial charge in [-0.05, 0) is 61.9 Å². The molecule has 2 heterocycles. The van der Waals surface area contributed by atoms with Gasteiger partial charge in [-0.25, -0.2) is 0 Å². The number of nitrogens with one attached hydrogen (secondary N) is 1. The SMILES string of the molecule is Cc1cc(OCCO)ccc1N1CCN(CO)CC1.Cc1ccc(C(=O)NCCO)cn1.Clc1ccccc1. The number of hydrogen-bond donors (Lipinski definition) is 4. The van der Waals surface area contributed by atoms with Gasteiger partial charge in [0.05, 0.1) is 25.5 Å². The summed E-state index contributed by atoms with van der Waals surface area (Å²) in [6.07, 6.45) is 1.52. The zero-order valence-electron chi connectivity index (χ0n) is 22.6. The van der Waals surface area contributed by atoms with Crippen molar-refractivity contribution in [3.63, 3.8) is 0 Å². The zero-order chi connectivity index (χ0) is 28.5. The fourth-order valence-corrected chi connectivity index (χ4v) is 3.80. The normalized spacial score (nSPS) is 12.9. The molecule has 0 spiro atoms. The number of nitrogens with zero attached hydrogens (tertiary/aromatic N) is 3. The van der Waals surface area contributed by atoms with Crippen LogP contribution in [-0.2, 0) is 0 Å². The Morgan fingerprint density at radius 2 is 1.69 bits per heavy atom. The van der Waals surface area contributed by atoms with Gasteiger partial charge in [-0.1, -0.05) is 29.8 Å². The molecule has 1 aliphatic heterocycles. The van der Waals surface area contributed by atoms with Crippen molar-refractivity contribution in [1.82, 2.24) is 15.2 Å². The summed E-state index contributed by atoms with van der Waals surface area (Å²) in [4.78, 5) is 19.6. The van der Waals surface area contributed by atoms with Gasteiger partial charge in [-0.3, -0.25) is 14.7 Å². The number of ether oxygens (including phenoxy) is 1. The van der Waals surface area contributed by atoms with E-state index in [1.54, 1.807) is 12.1 Å². The number of rotatable bonds is 8. The molecule has 39 heavy (non-hydrogen) atoms. The number of pyridine rings is 1. The molecule has 1 aromatic heterocycles. The van der Waals surface area contributed by atoms with Crippen LogP contribution in [0.4, 0.5) is 5.69 Å². The lowest BCUT2D eigenvalue weighted by molar-refractivity contribution is 0.0944. The third kappa shape index (κ3) is 12.0. The largest absolute Gasteiger partial charge is 0.491 e. The molecule has 0 aliphatic carbocycles. The van der Waals surface area contributed by atoms with Crippen molar-refractivity contribution in [2.45, 2.75) is 13.8 Å². The van der Waals surface area contributed by atoms with Gasteiger partial charge in [-0.15, -0.1) is 0 Å². The van der Waals surface area contributed by atoms with Crippen LogP contribution in [0.2, 0.25) is 5.02 Å². The van der Waals surface area contributed by atoms with Crippen LogP contribution in [0.1, 0.15) is 21.6 Å². The third-order valence-corrected chi connectivity index (χ3v) is 6.00. The second-order valence-corrected chi connectivity index (χ2v) is 9.17. The Morgan fingerprint density at radius 3 is 2.21 bits per heavy atom. The minimum Gasteiger partial charge on any atom is -0.491 e. The van der Waals surface area contributed by atoms with Crippen LogP contribution in [0.5, 0.6) is 5.75 Å². The molecule has 2 aromatic carbocycles. The van der Waals surface area contributed by atoms with Gasteiger partial charge < -0.3 is 30.3 Å². The van der Waals surface area contributed by atoms with Crippen molar-refractivity contribution in [2.75, 3.05) is 64.2 Å². The second-order valence-electron chi connectivity index (χ2n) is 8.73. The number of aromatic nitrogens is 1. The molecule has 0 radical (unpaired) electrons. The smallest absolute Gasteiger partial charge is 0.252 e. The molecule has 4 rings (SSSR count). The van der Waals surface area contributed by atoms with Gasteiger partial charge in [0, 0.05) is 55.3 Å². The van der Waals surface area contributed by atoms with E-state index >= 15 is 0 Å². The first-order chi connectivity index (χ1) is 18.9. The van der Waals surface area contributed by atoms with Crippen LogP contribution in [0.15, 0.2) is 66.9 Å². The Morgan fingerprint density at radius 1 is 0.974 bits per heavy atom. The Kier molecular flexibility index (Phi) is 14.9. The maximum Gasteiger partial charge on any atom is 0.252 e. The highest BCUT2D eigenvalue weighted by atomic mass is 35.5. The van der Waals surface area contributed by atoms with Crippen LogP contribution in [0, 0.1) is 13.8 Å². The standard InChI is InChI=1S/C14H22N2O3.C9H12N2O2.C6H5Cl/c1-12-10-13(19-9-8-17)2-3-14(12)16-6-4-15(11-18)5-7-16;1-7-2-3-8(6-11-7)9(13)10-4-5-12;7-6-4-2-1-3-5-6/h2-3,10,17-18H,4-9,11H2,1H3;2-3,6,12H,4-5H2,1H3,(H,10,13);1-5H. The lowest BCUT2D eigenvalue weighted by Crippen LogP contribution is -2.46. The number of halogens is 1. The molecule has 9 nitrogen and oxygen atoms in total. The molecule has 1 saturated heterocycles. The summed E-state index contributed by atoms with van der Waals surface area (Å²) in [5.41, 5.74) is 3.78. The number of anilines is 1. The van der Waals surface area contributed by atoms with E-state index in [1.165, 1.54) is 17.4 Å². The van der Waals surface area contributed by atoms with Crippen molar-refractivity contribution in [2.24, 2.45) is 0 Å². The Hall–Kier alpha value is -3.21. The monoisotopic (exact) mass is 558 g/mol. The molecular weight excluding hydrogens is 520 g/mol. The molecule has 0 unspecified atom stereocenters. The molecule has 0 bridgehead atoms. The van der Waals surface area contributed by atoms with Crippen molar-refractivity contribution in [3.05, 3.63) is 88.7 Å². The maximum atomic E-state index is 11.3. The van der Waals surface area contributed by atoms with Crippen LogP contribution in [0.3, 0.4) is 0 Å². The number of aliphatic hydroxyl groups excluding tert-OH is 3. The molecular formula is C29H39ClN4O5. The third-order valence-electron chi connectivity index (χ3n) is 5.75. The highest BCUT2D eigenvalue weighted by Crippen LogP contribution is 2.25. The van der Waals surface area contributed by atoms with E-state index < -0.39 is 0 Å². The highest BCUT2D eigenvalue weighted by Gasteiger charge is 2.17. The van der Waals surface area contributed by atoms with Crippen molar-refractivity contribution in [3.8, 4) is 5.75 Å². The minimum absolute atomic E-state index is 0.0317. The highest BCUT2D eigenvalue weighted by molar-refractivity contribution is 6.30. The quantitative estimate of drug-likeness (QED) is 0.333. The van der Waals surface area contributed by atoms with Crippen LogP contribution >= 0.6 is 11.6 Å². The van der Waals surface area contributed by atoms with E-state index in [1.807, 2.05) is 54.3 Å². The molecule has 1 fully saturated rings. The molecule has 0 saturated carbocycles. The van der Waals surface area contributed by atoms with Crippen LogP contribution < -0.4 is 15.0 Å². The average Bonchev–Trinajstić information content (AvgIpc) is 2.96. The summed E-state index contributed by atoms with van der Waals surface area (Å²) in [6.45, 7) is 8.28. The Bertz CT molecular complexity index is 1090. The van der Waals surface area contributed by atoms with E-state index in [2.05, 4.69) is 28.2 Å². The number of benzene rings is 2. The second kappa shape index (κ2) is 18.1. The van der Waals surface area contributed by atoms with Gasteiger partial charge >= 0.3 is 0 Å². The van der Waals surface area contributed by atoms with Crippen LogP contribution in [0.25, 0.3) is 0 Å². The predicted octanol–water partition coefficient (Wildman–Crippen LogP) is 2.89. The van der Waals surface area contributed by atoms with E-state index in [4.69, 9.17) is 31.7 Å². The lowest BCUT2D eigenvalue weighted by Gasteiger charge is -2.35. The summed E-state index contributed by atoms with van der Waals surface area (Å²) in [7, 11) is 0. The lowest BCUT2D eigenvalue weighted by atomic mass is 10.1. The number of carbonyl (C=O) groups is 1. The summed E-state index contributed by atoms with van der Waals surface area (Å²) in [5, 5.41) is 29.6. The van der Waals surface area contributed by atoms with Gasteiger partial charge in [0.1, 0.15) is 12.4 Å². The van der Waals surface area contributed by atoms with Gasteiger partial charge in [0.25, 0.3) is 5.91 Å². The fraction of sp³-hybridized carbons (Fsp3) is 0.379. The van der Waals surface area contributed by atoms with Crippen molar-refractivity contribution >= 4 is 23.2 Å². The number of amides is 1. The first-order valence-corrected chi connectivity index (χ1v) is 13.2. The summed E-state index contributed by atoms with van der Waals surface area (Å²) in [5.74, 6) is 0.589. The summed E-state index contributed by atoms with van der Waals surface area (Å²) < 4.78 is 5.40. The number of aliphatic hydroxyl groups is 3. The van der Waals surface area contributed by atoms with E-state index in [9.17, 15) is 4.79 Å². The predicted molar refractivity (Wildman–Crippen MR) is 154 cm³/mol. The van der Waals surface area contributed by atoms with Crippen molar-refractivity contribution < 1.29 is 24.9 Å². The molecule has 10 heteroatoms. The molecule has 3 aromatic rings. The molecule has 0 atom stereocenters. The number of piperazine rings is 1. The van der Waals surface area contributed by atoms with Gasteiger partial charge in [0.15, 0.2) is 0 Å². The number of aryl methyl sites for hydroxylation is 2. The van der Waals surface area contributed by atoms with Gasteiger partial charge in [0.2, 0.25) is 0 Å². The minimum atomic E-state index is -0.207. The number of hydrogen-bond acceptors (Lipinski definition) is 8. The Labute approximate surface area is 235 Å². The summed E-state index contributed by atoms with van der Waals surface area (Å²) in [6, 6.07) is 18.9. The van der Waals surface area contributed by atoms with Crippen molar-refractivity contribution in [1.29, 1.82) is 0 Å². The van der Waals surface area contributed by atoms with E-state index in [0.717, 1.165) is 42.6 Å². The topological polar surface area (TPSA) is 118 Å². The molecule has 4 N–H and O–H groups in total. The molecule has 1 aliphatic rings. The fourth-order valence-electron chi connectivity index (χ4n) is 3.65. The van der Waals surface area contributed by atoms with E-state index in [-0.39, 0.29) is 32.4 Å². The van der Waals surface area contributed by atoms with E-state index in [0.29, 0.717) is 12.2 Å². The van der Waals surface area contributed by atoms with Gasteiger partial charge in [-0.2, -0.15) is 0 Å². The Balaban J connectivity index is 0.000000229. The molecule has 1 amide bonds. The first-order valence-electron chi connectivity index (χ1n) is 12.8. The zero-order valence-corrected chi connectivity index (χ0v) is 23.3.